The topological polar surface area (TPSA) is 38.7 Å². The van der Waals surface area contributed by atoms with Gasteiger partial charge in [-0.3, -0.25) is 0 Å². The lowest BCUT2D eigenvalue weighted by Crippen LogP contribution is -2.09. The third-order valence-electron chi connectivity index (χ3n) is 2.21. The minimum Gasteiger partial charge on any atom is -0.491 e. The highest BCUT2D eigenvalue weighted by Crippen LogP contribution is 2.19. The Morgan fingerprint density at radius 2 is 1.94 bits per heavy atom. The van der Waals surface area contributed by atoms with Crippen LogP contribution in [0.4, 0.5) is 0 Å². The van der Waals surface area contributed by atoms with Gasteiger partial charge in [-0.05, 0) is 18.1 Å². The molecule has 0 radical (unpaired) electrons. The molecule has 16 heavy (non-hydrogen) atoms. The van der Waals surface area contributed by atoms with Gasteiger partial charge in [0.2, 0.25) is 0 Å². The zero-order valence-electron chi connectivity index (χ0n) is 9.82. The van der Waals surface area contributed by atoms with E-state index in [0.717, 1.165) is 18.6 Å². The number of aryl methyl sites for hydroxylation is 1. The first-order valence-electron chi connectivity index (χ1n) is 5.77. The van der Waals surface area contributed by atoms with Gasteiger partial charge in [-0.15, -0.1) is 0 Å². The molecule has 0 heterocycles. The standard InChI is InChI=1S/C13H20O3/c1-2-5-12-6-3-4-7-13(12)16-11-10-15-9-8-14/h3-4,6-7,14H,2,5,8-11H2,1H3. The van der Waals surface area contributed by atoms with Crippen molar-refractivity contribution in [3.05, 3.63) is 29.8 Å². The maximum atomic E-state index is 8.53. The van der Waals surface area contributed by atoms with Crippen molar-refractivity contribution in [2.75, 3.05) is 26.4 Å². The van der Waals surface area contributed by atoms with Gasteiger partial charge in [0.15, 0.2) is 0 Å². The summed E-state index contributed by atoms with van der Waals surface area (Å²) in [6, 6.07) is 8.08. The van der Waals surface area contributed by atoms with Crippen molar-refractivity contribution in [3.63, 3.8) is 0 Å². The monoisotopic (exact) mass is 224 g/mol. The molecule has 0 atom stereocenters. The van der Waals surface area contributed by atoms with E-state index < -0.39 is 0 Å². The fourth-order valence-electron chi connectivity index (χ4n) is 1.50. The lowest BCUT2D eigenvalue weighted by molar-refractivity contribution is 0.0703. The van der Waals surface area contributed by atoms with Crippen LogP contribution >= 0.6 is 0 Å². The summed E-state index contributed by atoms with van der Waals surface area (Å²) >= 11 is 0. The molecule has 0 aliphatic rings. The van der Waals surface area contributed by atoms with Gasteiger partial charge in [-0.1, -0.05) is 31.5 Å². The molecule has 3 nitrogen and oxygen atoms in total. The molecule has 0 aliphatic heterocycles. The predicted octanol–water partition coefficient (Wildman–Crippen LogP) is 2.03. The lowest BCUT2D eigenvalue weighted by Gasteiger charge is -2.10. The maximum Gasteiger partial charge on any atom is 0.122 e. The van der Waals surface area contributed by atoms with Crippen molar-refractivity contribution in [1.29, 1.82) is 0 Å². The molecule has 1 aromatic rings. The van der Waals surface area contributed by atoms with E-state index in [1.807, 2.05) is 18.2 Å². The van der Waals surface area contributed by atoms with Gasteiger partial charge in [0.1, 0.15) is 12.4 Å². The number of rotatable bonds is 8. The van der Waals surface area contributed by atoms with Gasteiger partial charge in [-0.25, -0.2) is 0 Å². The highest BCUT2D eigenvalue weighted by Gasteiger charge is 2.01. The molecule has 0 bridgehead atoms. The molecule has 0 aliphatic carbocycles. The third-order valence-corrected chi connectivity index (χ3v) is 2.21. The Hall–Kier alpha value is -1.06. The molecule has 0 aromatic heterocycles. The van der Waals surface area contributed by atoms with Gasteiger partial charge < -0.3 is 14.6 Å². The first kappa shape index (κ1) is 13.0. The van der Waals surface area contributed by atoms with Crippen molar-refractivity contribution >= 4 is 0 Å². The summed E-state index contributed by atoms with van der Waals surface area (Å²) < 4.78 is 10.8. The smallest absolute Gasteiger partial charge is 0.122 e. The van der Waals surface area contributed by atoms with Crippen LogP contribution in [0.2, 0.25) is 0 Å². The van der Waals surface area contributed by atoms with Gasteiger partial charge >= 0.3 is 0 Å². The largest absolute Gasteiger partial charge is 0.491 e. The summed E-state index contributed by atoms with van der Waals surface area (Å²) in [5.74, 6) is 0.942. The van der Waals surface area contributed by atoms with Gasteiger partial charge in [0.05, 0.1) is 19.8 Å². The second kappa shape index (κ2) is 8.13. The van der Waals surface area contributed by atoms with E-state index >= 15 is 0 Å². The van der Waals surface area contributed by atoms with E-state index in [1.54, 1.807) is 0 Å². The Labute approximate surface area is 97.0 Å². The number of aliphatic hydroxyl groups excluding tert-OH is 1. The predicted molar refractivity (Wildman–Crippen MR) is 63.8 cm³/mol. The molecule has 1 N–H and O–H groups in total. The number of benzene rings is 1. The first-order valence-corrected chi connectivity index (χ1v) is 5.77. The van der Waals surface area contributed by atoms with Crippen molar-refractivity contribution in [2.24, 2.45) is 0 Å². The van der Waals surface area contributed by atoms with Crippen LogP contribution in [0, 0.1) is 0 Å². The Morgan fingerprint density at radius 1 is 1.12 bits per heavy atom. The Kier molecular flexibility index (Phi) is 6.61. The highest BCUT2D eigenvalue weighted by molar-refractivity contribution is 5.33. The summed E-state index contributed by atoms with van der Waals surface area (Å²) in [5.41, 5.74) is 1.24. The van der Waals surface area contributed by atoms with Crippen molar-refractivity contribution < 1.29 is 14.6 Å². The van der Waals surface area contributed by atoms with Crippen LogP contribution in [0.1, 0.15) is 18.9 Å². The molecule has 0 amide bonds. The van der Waals surface area contributed by atoms with Crippen LogP contribution in [0.3, 0.4) is 0 Å². The van der Waals surface area contributed by atoms with Crippen LogP contribution in [-0.2, 0) is 11.2 Å². The Bertz CT molecular complexity index is 286. The van der Waals surface area contributed by atoms with E-state index in [0.29, 0.717) is 19.8 Å². The molecular weight excluding hydrogens is 204 g/mol. The van der Waals surface area contributed by atoms with Gasteiger partial charge in [0.25, 0.3) is 0 Å². The number of hydrogen-bond donors (Lipinski definition) is 1. The fourth-order valence-corrected chi connectivity index (χ4v) is 1.50. The first-order chi connectivity index (χ1) is 7.88. The van der Waals surface area contributed by atoms with Crippen molar-refractivity contribution in [2.45, 2.75) is 19.8 Å². The minimum absolute atomic E-state index is 0.0619. The summed E-state index contributed by atoms with van der Waals surface area (Å²) in [5, 5.41) is 8.53. The third kappa shape index (κ3) is 4.64. The van der Waals surface area contributed by atoms with Crippen LogP contribution in [0.15, 0.2) is 24.3 Å². The van der Waals surface area contributed by atoms with Gasteiger partial charge in [-0.2, -0.15) is 0 Å². The number of para-hydroxylation sites is 1. The zero-order chi connectivity index (χ0) is 11.6. The second-order valence-corrected chi connectivity index (χ2v) is 3.54. The Morgan fingerprint density at radius 3 is 2.69 bits per heavy atom. The van der Waals surface area contributed by atoms with E-state index in [2.05, 4.69) is 13.0 Å². The zero-order valence-corrected chi connectivity index (χ0v) is 9.82. The van der Waals surface area contributed by atoms with E-state index in [9.17, 15) is 0 Å². The molecule has 90 valence electrons. The lowest BCUT2D eigenvalue weighted by atomic mass is 10.1. The number of hydrogen-bond acceptors (Lipinski definition) is 3. The summed E-state index contributed by atoms with van der Waals surface area (Å²) in [6.45, 7) is 3.63. The van der Waals surface area contributed by atoms with E-state index in [4.69, 9.17) is 14.6 Å². The summed E-state index contributed by atoms with van der Waals surface area (Å²) in [6.07, 6.45) is 2.15. The van der Waals surface area contributed by atoms with Crippen LogP contribution in [0.5, 0.6) is 5.75 Å². The average Bonchev–Trinajstić information content (AvgIpc) is 2.31. The van der Waals surface area contributed by atoms with Crippen LogP contribution in [-0.4, -0.2) is 31.5 Å². The van der Waals surface area contributed by atoms with Crippen LogP contribution in [0.25, 0.3) is 0 Å². The normalized spacial score (nSPS) is 10.4. The molecule has 0 unspecified atom stereocenters. The van der Waals surface area contributed by atoms with E-state index in [1.165, 1.54) is 5.56 Å². The molecule has 1 aromatic carbocycles. The maximum absolute atomic E-state index is 8.53. The molecule has 3 heteroatoms. The van der Waals surface area contributed by atoms with Crippen LogP contribution < -0.4 is 4.74 Å². The number of ether oxygens (including phenoxy) is 2. The molecular formula is C13H20O3. The highest BCUT2D eigenvalue weighted by atomic mass is 16.5. The molecule has 0 saturated heterocycles. The average molecular weight is 224 g/mol. The van der Waals surface area contributed by atoms with E-state index in [-0.39, 0.29) is 6.61 Å². The molecule has 0 saturated carbocycles. The summed E-state index contributed by atoms with van der Waals surface area (Å²) in [7, 11) is 0. The molecule has 1 rings (SSSR count). The number of aliphatic hydroxyl groups is 1. The fraction of sp³-hybridized carbons (Fsp3) is 0.538. The Balaban J connectivity index is 2.34. The second-order valence-electron chi connectivity index (χ2n) is 3.54. The minimum atomic E-state index is 0.0619. The summed E-state index contributed by atoms with van der Waals surface area (Å²) in [4.78, 5) is 0. The quantitative estimate of drug-likeness (QED) is 0.687. The van der Waals surface area contributed by atoms with Crippen molar-refractivity contribution in [3.8, 4) is 5.75 Å². The van der Waals surface area contributed by atoms with Crippen molar-refractivity contribution in [1.82, 2.24) is 0 Å². The molecule has 0 fully saturated rings. The SMILES string of the molecule is CCCc1ccccc1OCCOCCO. The molecule has 0 spiro atoms. The van der Waals surface area contributed by atoms with Gasteiger partial charge in [0, 0.05) is 0 Å².